The maximum absolute atomic E-state index is 13.0. The molecule has 2 aliphatic heterocycles. The van der Waals surface area contributed by atoms with E-state index in [1.165, 1.54) is 37.5 Å². The van der Waals surface area contributed by atoms with Crippen LogP contribution < -0.4 is 4.90 Å². The lowest BCUT2D eigenvalue weighted by Crippen LogP contribution is -2.33. The van der Waals surface area contributed by atoms with E-state index in [-0.39, 0.29) is 123 Å². The molecule has 0 amide bonds. The van der Waals surface area contributed by atoms with Crippen molar-refractivity contribution in [3.8, 4) is 0 Å². The van der Waals surface area contributed by atoms with Crippen LogP contribution in [0.3, 0.4) is 0 Å². The van der Waals surface area contributed by atoms with Gasteiger partial charge in [0.2, 0.25) is 5.69 Å². The van der Waals surface area contributed by atoms with Crippen molar-refractivity contribution in [3.05, 3.63) is 83.6 Å². The number of hydrogen-bond acceptors (Lipinski definition) is 18. The second-order valence-electron chi connectivity index (χ2n) is 19.9. The monoisotopic (exact) mass is 1270 g/mol. The number of unbranched alkanes of at least 4 members (excludes halogenated alkanes) is 2. The molecule has 7 N–H and O–H groups in total. The Labute approximate surface area is 475 Å². The highest BCUT2D eigenvalue weighted by molar-refractivity contribution is 7.87. The van der Waals surface area contributed by atoms with E-state index >= 15 is 0 Å². The van der Waals surface area contributed by atoms with Gasteiger partial charge in [-0.1, -0.05) is 18.6 Å². The zero-order valence-electron chi connectivity index (χ0n) is 44.7. The number of aliphatic carboxylic acids is 1. The second-order valence-corrected chi connectivity index (χ2v) is 28.7. The summed E-state index contributed by atoms with van der Waals surface area (Å²) in [6.07, 6.45) is 4.75. The smallest absolute Gasteiger partial charge is 0.303 e. The number of benzene rings is 4. The number of ether oxygens (including phenoxy) is 4. The number of carboxylic acids is 1. The highest BCUT2D eigenvalue weighted by atomic mass is 32.2. The predicted molar refractivity (Wildman–Crippen MR) is 298 cm³/mol. The Hall–Kier alpha value is -4.88. The Bertz CT molecular complexity index is 3900. The number of rotatable bonds is 32. The van der Waals surface area contributed by atoms with Crippen molar-refractivity contribution in [2.75, 3.05) is 82.9 Å². The lowest BCUT2D eigenvalue weighted by molar-refractivity contribution is -0.437. The number of nitrogens with zero attached hydrogens (tertiary/aromatic N) is 2. The lowest BCUT2D eigenvalue weighted by Gasteiger charge is -2.31. The van der Waals surface area contributed by atoms with Gasteiger partial charge in [0.25, 0.3) is 60.7 Å². The summed E-state index contributed by atoms with van der Waals surface area (Å²) in [6.45, 7) is 4.60. The fourth-order valence-corrected chi connectivity index (χ4v) is 14.3. The molecular formula is C50H65N2O24S6+. The van der Waals surface area contributed by atoms with Crippen LogP contribution in [0.5, 0.6) is 0 Å². The number of fused-ring (bicyclic) bond motifs is 6. The Balaban J connectivity index is 1.62. The number of allylic oxidation sites excluding steroid dienone is 4. The van der Waals surface area contributed by atoms with Gasteiger partial charge >= 0.3 is 5.97 Å². The third-order valence-electron chi connectivity index (χ3n) is 14.2. The minimum absolute atomic E-state index is 0.0275. The minimum Gasteiger partial charge on any atom is -0.481 e. The van der Waals surface area contributed by atoms with Crippen LogP contribution in [-0.4, -0.2) is 177 Å². The number of hydrogen-bond donors (Lipinski definition) is 7. The summed E-state index contributed by atoms with van der Waals surface area (Å²) in [5.41, 5.74) is -1.32. The highest BCUT2D eigenvalue weighted by Crippen LogP contribution is 2.54. The van der Waals surface area contributed by atoms with Crippen LogP contribution in [-0.2, 0) is 95.3 Å². The SMILES string of the molecule is COCCOCCOCCOCCC1(C)/C(=C\C=C\C2=[N+](CCCS(=O)(=O)O)c3ccc4c(S(=O)(=O)O)cc(S(=O)(=O)O)cc4c3C2(C)CCCS(=O)(=O)O)N(CCCCCC(=O)O)c2ccc3c(S(=O)(=O)O)cc(S(=O)(=O)O)cc3c21. The molecule has 0 fully saturated rings. The van der Waals surface area contributed by atoms with Crippen molar-refractivity contribution in [3.63, 3.8) is 0 Å². The topological polar surface area (TPSA) is 407 Å². The van der Waals surface area contributed by atoms with Crippen molar-refractivity contribution < 1.29 is 111 Å². The van der Waals surface area contributed by atoms with Crippen LogP contribution >= 0.6 is 0 Å². The second kappa shape index (κ2) is 26.2. The molecule has 6 rings (SSSR count). The summed E-state index contributed by atoms with van der Waals surface area (Å²) in [5.74, 6) is -2.63. The highest BCUT2D eigenvalue weighted by Gasteiger charge is 2.50. The van der Waals surface area contributed by atoms with Crippen molar-refractivity contribution >= 4 is 105 Å². The van der Waals surface area contributed by atoms with E-state index < -0.39 is 109 Å². The summed E-state index contributed by atoms with van der Waals surface area (Å²) in [5, 5.41) is 8.82. The molecule has 4 aromatic rings. The summed E-state index contributed by atoms with van der Waals surface area (Å²) < 4.78 is 236. The maximum Gasteiger partial charge on any atom is 0.303 e. The van der Waals surface area contributed by atoms with Crippen molar-refractivity contribution in [1.29, 1.82) is 0 Å². The van der Waals surface area contributed by atoms with Crippen LogP contribution in [0.2, 0.25) is 0 Å². The quantitative estimate of drug-likeness (QED) is 0.0187. The van der Waals surface area contributed by atoms with Crippen molar-refractivity contribution in [2.24, 2.45) is 0 Å². The van der Waals surface area contributed by atoms with Crippen LogP contribution in [0.1, 0.15) is 76.3 Å². The molecule has 454 valence electrons. The normalized spacial score (nSPS) is 18.6. The van der Waals surface area contributed by atoms with Gasteiger partial charge in [0, 0.05) is 78.4 Å². The average Bonchev–Trinajstić information content (AvgIpc) is 2.47. The maximum atomic E-state index is 13.0. The molecule has 0 aromatic heterocycles. The molecule has 0 bridgehead atoms. The van der Waals surface area contributed by atoms with Gasteiger partial charge in [-0.2, -0.15) is 55.1 Å². The van der Waals surface area contributed by atoms with Crippen LogP contribution in [0.4, 0.5) is 11.4 Å². The van der Waals surface area contributed by atoms with Gasteiger partial charge < -0.3 is 29.0 Å². The van der Waals surface area contributed by atoms with E-state index in [1.54, 1.807) is 30.6 Å². The molecule has 2 aliphatic rings. The number of anilines is 1. The summed E-state index contributed by atoms with van der Waals surface area (Å²) >= 11 is 0. The van der Waals surface area contributed by atoms with Gasteiger partial charge in [0.15, 0.2) is 5.71 Å². The van der Waals surface area contributed by atoms with Crippen LogP contribution in [0, 0.1) is 0 Å². The molecular weight excluding hydrogens is 1200 g/mol. The molecule has 2 unspecified atom stereocenters. The van der Waals surface area contributed by atoms with Crippen molar-refractivity contribution in [2.45, 2.75) is 95.6 Å². The molecule has 0 saturated carbocycles. The van der Waals surface area contributed by atoms with E-state index in [1.807, 2.05) is 4.90 Å². The fraction of sp³-hybridized carbons (Fsp3) is 0.480. The third kappa shape index (κ3) is 16.1. The molecule has 26 nitrogen and oxygen atoms in total. The first kappa shape index (κ1) is 66.3. The van der Waals surface area contributed by atoms with Gasteiger partial charge in [-0.25, -0.2) is 0 Å². The molecule has 0 saturated heterocycles. The van der Waals surface area contributed by atoms with E-state index in [4.69, 9.17) is 18.9 Å². The molecule has 0 spiro atoms. The third-order valence-corrected chi connectivity index (χ3v) is 19.3. The molecule has 0 aliphatic carbocycles. The Morgan fingerprint density at radius 3 is 1.60 bits per heavy atom. The molecule has 32 heteroatoms. The number of carbonyl (C=O) groups is 1. The molecule has 82 heavy (non-hydrogen) atoms. The Kier molecular flexibility index (Phi) is 21.1. The molecule has 2 atom stereocenters. The van der Waals surface area contributed by atoms with E-state index in [9.17, 15) is 87.7 Å². The Morgan fingerprint density at radius 2 is 1.09 bits per heavy atom. The van der Waals surface area contributed by atoms with Gasteiger partial charge in [-0.3, -0.25) is 32.1 Å². The van der Waals surface area contributed by atoms with E-state index in [0.717, 1.165) is 12.1 Å². The number of carboxylic acid groups (broad SMARTS) is 1. The lowest BCUT2D eigenvalue weighted by atomic mass is 9.74. The van der Waals surface area contributed by atoms with E-state index in [0.29, 0.717) is 55.1 Å². The summed E-state index contributed by atoms with van der Waals surface area (Å²) in [6, 6.07) is 8.65. The van der Waals surface area contributed by atoms with Gasteiger partial charge in [0.1, 0.15) is 16.3 Å². The first-order valence-corrected chi connectivity index (χ1v) is 34.3. The largest absolute Gasteiger partial charge is 0.481 e. The van der Waals surface area contributed by atoms with Gasteiger partial charge in [-0.05, 0) is 105 Å². The van der Waals surface area contributed by atoms with Crippen LogP contribution in [0.25, 0.3) is 21.5 Å². The molecule has 0 radical (unpaired) electrons. The van der Waals surface area contributed by atoms with Gasteiger partial charge in [0.05, 0.1) is 66.4 Å². The molecule has 2 heterocycles. The van der Waals surface area contributed by atoms with Crippen molar-refractivity contribution in [1.82, 2.24) is 0 Å². The standard InChI is InChI=1S/C50H64N2O24S6/c1-49(17-8-28-77(55,56)57)44(52(20-9-29-78(58,59)60)40-15-13-36-38(47(40)49)30-34(79(61,62)63)32-42(36)81(67,68)69)10-7-11-45-50(2,18-21-74-24-25-76-27-26-75-23-22-73-3)48-39-31-35(80(64,65)66)33-43(82(70,71)72)37(39)14-16-41(48)51(45)19-6-4-5-12-46(53)54/h7,10-11,13-16,30-33H,4-6,8-9,12,17-29H2,1-3H3,(H6-,53,54,55,56,57,58,59,60,61,62,63,64,65,66,67,68,69,70,71,72)/p+1. The zero-order valence-corrected chi connectivity index (χ0v) is 49.6. The van der Waals surface area contributed by atoms with Gasteiger partial charge in [-0.15, -0.1) is 0 Å². The number of methoxy groups -OCH3 is 1. The summed E-state index contributed by atoms with van der Waals surface area (Å²) in [7, 11) is -28.5. The predicted octanol–water partition coefficient (Wildman–Crippen LogP) is 5.23. The summed E-state index contributed by atoms with van der Waals surface area (Å²) in [4.78, 5) is 9.71. The zero-order chi connectivity index (χ0) is 60.9. The molecule has 4 aromatic carbocycles. The average molecular weight is 1270 g/mol. The van der Waals surface area contributed by atoms with E-state index in [2.05, 4.69) is 0 Å². The minimum atomic E-state index is -5.25. The Morgan fingerprint density at radius 1 is 0.573 bits per heavy atom. The fourth-order valence-electron chi connectivity index (χ4n) is 10.6. The first-order chi connectivity index (χ1) is 38.0. The first-order valence-electron chi connectivity index (χ1n) is 25.3. The van der Waals surface area contributed by atoms with Crippen LogP contribution in [0.15, 0.2) is 92.0 Å².